The molecule has 0 unspecified atom stereocenters. The summed E-state index contributed by atoms with van der Waals surface area (Å²) in [6.07, 6.45) is 1.12. The zero-order valence-corrected chi connectivity index (χ0v) is 14.7. The number of piperidine rings is 1. The molecular formula is C14H22ClN3O4S. The summed E-state index contributed by atoms with van der Waals surface area (Å²) in [5.74, 6) is -0.277. The highest BCUT2D eigenvalue weighted by atomic mass is 35.5. The van der Waals surface area contributed by atoms with E-state index in [0.717, 1.165) is 0 Å². The van der Waals surface area contributed by atoms with Crippen LogP contribution >= 0.6 is 12.4 Å². The van der Waals surface area contributed by atoms with Crippen molar-refractivity contribution >= 4 is 34.0 Å². The number of aryl methyl sites for hydroxylation is 1. The predicted octanol–water partition coefficient (Wildman–Crippen LogP) is 0.771. The van der Waals surface area contributed by atoms with Crippen molar-refractivity contribution in [1.29, 1.82) is 0 Å². The number of carbonyl (C=O) groups is 1. The zero-order valence-electron chi connectivity index (χ0n) is 13.1. The number of hydrogen-bond acceptors (Lipinski definition) is 5. The van der Waals surface area contributed by atoms with Crippen molar-refractivity contribution in [3.63, 3.8) is 0 Å². The van der Waals surface area contributed by atoms with Gasteiger partial charge in [0.2, 0.25) is 10.0 Å². The van der Waals surface area contributed by atoms with Crippen LogP contribution in [0.3, 0.4) is 0 Å². The van der Waals surface area contributed by atoms with E-state index in [0.29, 0.717) is 37.2 Å². The quantitative estimate of drug-likeness (QED) is 0.731. The average Bonchev–Trinajstić information content (AvgIpc) is 2.48. The molecule has 1 amide bonds. The molecule has 0 bridgehead atoms. The van der Waals surface area contributed by atoms with Crippen LogP contribution in [0.15, 0.2) is 23.1 Å². The largest absolute Gasteiger partial charge is 0.368 e. The van der Waals surface area contributed by atoms with Gasteiger partial charge in [-0.2, -0.15) is 0 Å². The standard InChI is InChI=1S/C14H21N3O4S.ClH/c1-10-3-4-11(9-12(10)22(15,19)20)17-13(18)14(21-2)5-7-16-8-6-14;/h3-4,9,16H,5-8H2,1-2H3,(H,17,18)(H2,15,19,20);1H. The highest BCUT2D eigenvalue weighted by molar-refractivity contribution is 7.89. The van der Waals surface area contributed by atoms with Crippen LogP contribution < -0.4 is 15.8 Å². The first-order chi connectivity index (χ1) is 10.3. The minimum absolute atomic E-state index is 0. The van der Waals surface area contributed by atoms with E-state index in [1.165, 1.54) is 13.2 Å². The van der Waals surface area contributed by atoms with Crippen molar-refractivity contribution in [3.05, 3.63) is 23.8 Å². The summed E-state index contributed by atoms with van der Waals surface area (Å²) in [4.78, 5) is 12.5. The molecular weight excluding hydrogens is 342 g/mol. The van der Waals surface area contributed by atoms with Gasteiger partial charge in [0.1, 0.15) is 5.60 Å². The van der Waals surface area contributed by atoms with Gasteiger partial charge in [0.25, 0.3) is 5.91 Å². The lowest BCUT2D eigenvalue weighted by molar-refractivity contribution is -0.140. The van der Waals surface area contributed by atoms with E-state index >= 15 is 0 Å². The first kappa shape index (κ1) is 19.9. The molecule has 2 rings (SSSR count). The van der Waals surface area contributed by atoms with E-state index < -0.39 is 15.6 Å². The summed E-state index contributed by atoms with van der Waals surface area (Å²) in [5, 5.41) is 11.1. The normalized spacial score (nSPS) is 17.2. The lowest BCUT2D eigenvalue weighted by Crippen LogP contribution is -2.51. The molecule has 1 aliphatic heterocycles. The fourth-order valence-electron chi connectivity index (χ4n) is 2.58. The predicted molar refractivity (Wildman–Crippen MR) is 90.3 cm³/mol. The van der Waals surface area contributed by atoms with Crippen LogP contribution in [-0.2, 0) is 19.6 Å². The molecule has 0 aliphatic carbocycles. The highest BCUT2D eigenvalue weighted by Gasteiger charge is 2.39. The number of anilines is 1. The minimum Gasteiger partial charge on any atom is -0.368 e. The van der Waals surface area contributed by atoms with Gasteiger partial charge in [-0.1, -0.05) is 6.07 Å². The fourth-order valence-corrected chi connectivity index (χ4v) is 3.39. The Labute approximate surface area is 142 Å². The Morgan fingerprint density at radius 1 is 1.35 bits per heavy atom. The summed E-state index contributed by atoms with van der Waals surface area (Å²) in [7, 11) is -2.32. The number of nitrogens with one attached hydrogen (secondary N) is 2. The van der Waals surface area contributed by atoms with Gasteiger partial charge in [-0.3, -0.25) is 4.79 Å². The lowest BCUT2D eigenvalue weighted by Gasteiger charge is -2.34. The summed E-state index contributed by atoms with van der Waals surface area (Å²) >= 11 is 0. The summed E-state index contributed by atoms with van der Waals surface area (Å²) in [5.41, 5.74) is 0.0242. The molecule has 0 aromatic heterocycles. The second kappa shape index (κ2) is 7.59. The maximum Gasteiger partial charge on any atom is 0.256 e. The van der Waals surface area contributed by atoms with Crippen molar-refractivity contribution in [3.8, 4) is 0 Å². The number of benzene rings is 1. The van der Waals surface area contributed by atoms with Crippen molar-refractivity contribution in [2.45, 2.75) is 30.3 Å². The molecule has 1 fully saturated rings. The molecule has 1 aromatic carbocycles. The van der Waals surface area contributed by atoms with E-state index in [2.05, 4.69) is 10.6 Å². The van der Waals surface area contributed by atoms with E-state index in [1.807, 2.05) is 0 Å². The van der Waals surface area contributed by atoms with Gasteiger partial charge in [-0.25, -0.2) is 13.6 Å². The third kappa shape index (κ3) is 4.42. The number of halogens is 1. The number of amides is 1. The average molecular weight is 364 g/mol. The SMILES string of the molecule is COC1(C(=O)Nc2ccc(C)c(S(N)(=O)=O)c2)CCNCC1.Cl. The van der Waals surface area contributed by atoms with Crippen LogP contribution in [0, 0.1) is 6.92 Å². The number of ether oxygens (including phenoxy) is 1. The maximum atomic E-state index is 12.5. The van der Waals surface area contributed by atoms with Gasteiger partial charge in [-0.05, 0) is 50.6 Å². The smallest absolute Gasteiger partial charge is 0.256 e. The van der Waals surface area contributed by atoms with E-state index in [9.17, 15) is 13.2 Å². The second-order valence-electron chi connectivity index (χ2n) is 5.43. The topological polar surface area (TPSA) is 111 Å². The first-order valence-corrected chi connectivity index (χ1v) is 8.54. The Hall–Kier alpha value is -1.19. The van der Waals surface area contributed by atoms with Crippen LogP contribution in [0.5, 0.6) is 0 Å². The van der Waals surface area contributed by atoms with Gasteiger partial charge in [-0.15, -0.1) is 12.4 Å². The van der Waals surface area contributed by atoms with E-state index in [1.54, 1.807) is 19.1 Å². The molecule has 1 saturated heterocycles. The number of methoxy groups -OCH3 is 1. The second-order valence-corrected chi connectivity index (χ2v) is 6.96. The Kier molecular flexibility index (Phi) is 6.55. The number of carbonyl (C=O) groups excluding carboxylic acids is 1. The Bertz CT molecular complexity index is 673. The third-order valence-corrected chi connectivity index (χ3v) is 5.02. The first-order valence-electron chi connectivity index (χ1n) is 6.99. The number of sulfonamides is 1. The molecule has 4 N–H and O–H groups in total. The van der Waals surface area contributed by atoms with Crippen LogP contribution in [0.25, 0.3) is 0 Å². The molecule has 1 aliphatic rings. The fraction of sp³-hybridized carbons (Fsp3) is 0.500. The molecule has 23 heavy (non-hydrogen) atoms. The van der Waals surface area contributed by atoms with Crippen LogP contribution in [-0.4, -0.2) is 40.1 Å². The van der Waals surface area contributed by atoms with Crippen LogP contribution in [0.1, 0.15) is 18.4 Å². The van der Waals surface area contributed by atoms with Gasteiger partial charge < -0.3 is 15.4 Å². The van der Waals surface area contributed by atoms with E-state index in [-0.39, 0.29) is 23.2 Å². The van der Waals surface area contributed by atoms with Crippen molar-refractivity contribution in [2.75, 3.05) is 25.5 Å². The van der Waals surface area contributed by atoms with Gasteiger partial charge in [0, 0.05) is 12.8 Å². The summed E-state index contributed by atoms with van der Waals surface area (Å²) < 4.78 is 28.5. The molecule has 9 heteroatoms. The third-order valence-electron chi connectivity index (χ3n) is 3.97. The zero-order chi connectivity index (χ0) is 16.4. The van der Waals surface area contributed by atoms with Crippen LogP contribution in [0.2, 0.25) is 0 Å². The molecule has 0 radical (unpaired) electrons. The number of rotatable bonds is 4. The summed E-state index contributed by atoms with van der Waals surface area (Å²) in [6.45, 7) is 3.03. The summed E-state index contributed by atoms with van der Waals surface area (Å²) in [6, 6.07) is 4.62. The Balaban J connectivity index is 0.00000264. The molecule has 7 nitrogen and oxygen atoms in total. The molecule has 130 valence electrons. The van der Waals surface area contributed by atoms with E-state index in [4.69, 9.17) is 9.88 Å². The number of hydrogen-bond donors (Lipinski definition) is 3. The Morgan fingerprint density at radius 2 is 1.96 bits per heavy atom. The van der Waals surface area contributed by atoms with Gasteiger partial charge in [0.05, 0.1) is 4.90 Å². The molecule has 0 saturated carbocycles. The monoisotopic (exact) mass is 363 g/mol. The Morgan fingerprint density at radius 3 is 2.48 bits per heavy atom. The minimum atomic E-state index is -3.83. The molecule has 0 atom stereocenters. The number of nitrogens with two attached hydrogens (primary N) is 1. The highest BCUT2D eigenvalue weighted by Crippen LogP contribution is 2.26. The van der Waals surface area contributed by atoms with Crippen molar-refractivity contribution in [2.24, 2.45) is 5.14 Å². The molecule has 0 spiro atoms. The van der Waals surface area contributed by atoms with Crippen molar-refractivity contribution < 1.29 is 17.9 Å². The number of primary sulfonamides is 1. The van der Waals surface area contributed by atoms with Crippen molar-refractivity contribution in [1.82, 2.24) is 5.32 Å². The lowest BCUT2D eigenvalue weighted by atomic mass is 9.91. The van der Waals surface area contributed by atoms with Crippen LogP contribution in [0.4, 0.5) is 5.69 Å². The van der Waals surface area contributed by atoms with Gasteiger partial charge in [0.15, 0.2) is 0 Å². The van der Waals surface area contributed by atoms with Gasteiger partial charge >= 0.3 is 0 Å². The molecule has 1 heterocycles. The molecule has 1 aromatic rings. The maximum absolute atomic E-state index is 12.5.